The Morgan fingerprint density at radius 1 is 1.18 bits per heavy atom. The van der Waals surface area contributed by atoms with Crippen LogP contribution in [0.25, 0.3) is 0 Å². The molecule has 0 fully saturated rings. The second-order valence-electron chi connectivity index (χ2n) is 5.73. The molecule has 0 amide bonds. The number of para-hydroxylation sites is 1. The summed E-state index contributed by atoms with van der Waals surface area (Å²) in [4.78, 5) is 0. The van der Waals surface area contributed by atoms with Crippen LogP contribution in [-0.4, -0.2) is 16.8 Å². The van der Waals surface area contributed by atoms with Crippen molar-refractivity contribution in [3.8, 4) is 0 Å². The van der Waals surface area contributed by atoms with E-state index in [4.69, 9.17) is 0 Å². The lowest BCUT2D eigenvalue weighted by molar-refractivity contribution is -0.446. The number of halogens is 1. The van der Waals surface area contributed by atoms with Gasteiger partial charge in [-0.3, -0.25) is 0 Å². The van der Waals surface area contributed by atoms with Crippen LogP contribution in [0.1, 0.15) is 40.2 Å². The van der Waals surface area contributed by atoms with Crippen molar-refractivity contribution < 1.29 is 28.6 Å². The van der Waals surface area contributed by atoms with Gasteiger partial charge in [0.25, 0.3) is 0 Å². The van der Waals surface area contributed by atoms with Crippen LogP contribution < -0.4 is 24.0 Å². The lowest BCUT2D eigenvalue weighted by Crippen LogP contribution is -3.00. The van der Waals surface area contributed by atoms with E-state index in [-0.39, 0.29) is 29.4 Å². The lowest BCUT2D eigenvalue weighted by atomic mass is 9.82. The fourth-order valence-electron chi connectivity index (χ4n) is 2.55. The van der Waals surface area contributed by atoms with Gasteiger partial charge < -0.3 is 24.0 Å². The first-order chi connectivity index (χ1) is 7.44. The monoisotopic (exact) mass is 343 g/mol. The molecule has 0 saturated heterocycles. The zero-order valence-corrected chi connectivity index (χ0v) is 13.6. The van der Waals surface area contributed by atoms with Crippen molar-refractivity contribution in [3.05, 3.63) is 29.8 Å². The van der Waals surface area contributed by atoms with Crippen LogP contribution in [0.15, 0.2) is 24.3 Å². The molecule has 17 heavy (non-hydrogen) atoms. The zero-order valence-electron chi connectivity index (χ0n) is 11.4. The highest BCUT2D eigenvalue weighted by Gasteiger charge is 2.42. The molecule has 0 atom stereocenters. The molecule has 0 aliphatic carbocycles. The molecule has 0 radical (unpaired) electrons. The van der Waals surface area contributed by atoms with Crippen LogP contribution in [0.2, 0.25) is 0 Å². The molecule has 1 aromatic rings. The van der Waals surface area contributed by atoms with E-state index in [1.807, 2.05) is 0 Å². The SMILES string of the molecule is CC1=[N+](CC(C)C)c2ccccc2C1(C)C.[I-]. The molecule has 0 saturated carbocycles. The first-order valence-corrected chi connectivity index (χ1v) is 6.15. The Labute approximate surface area is 122 Å². The predicted molar refractivity (Wildman–Crippen MR) is 69.8 cm³/mol. The molecule has 1 nitrogen and oxygen atoms in total. The number of benzene rings is 1. The van der Waals surface area contributed by atoms with Crippen molar-refractivity contribution in [2.24, 2.45) is 5.92 Å². The van der Waals surface area contributed by atoms with Crippen LogP contribution in [-0.2, 0) is 5.41 Å². The Morgan fingerprint density at radius 2 is 1.76 bits per heavy atom. The van der Waals surface area contributed by atoms with E-state index >= 15 is 0 Å². The van der Waals surface area contributed by atoms with Gasteiger partial charge in [0.1, 0.15) is 0 Å². The normalized spacial score (nSPS) is 17.1. The lowest BCUT2D eigenvalue weighted by Gasteiger charge is -2.14. The van der Waals surface area contributed by atoms with Crippen molar-refractivity contribution in [1.29, 1.82) is 0 Å². The van der Waals surface area contributed by atoms with Gasteiger partial charge in [0.05, 0.1) is 5.41 Å². The van der Waals surface area contributed by atoms with Gasteiger partial charge in [-0.25, -0.2) is 0 Å². The molecule has 0 N–H and O–H groups in total. The third-order valence-electron chi connectivity index (χ3n) is 3.73. The summed E-state index contributed by atoms with van der Waals surface area (Å²) < 4.78 is 2.49. The summed E-state index contributed by atoms with van der Waals surface area (Å²) in [5.41, 5.74) is 4.53. The summed E-state index contributed by atoms with van der Waals surface area (Å²) in [5.74, 6) is 0.692. The minimum Gasteiger partial charge on any atom is -1.00 e. The highest BCUT2D eigenvalue weighted by atomic mass is 127. The number of fused-ring (bicyclic) bond motifs is 1. The maximum absolute atomic E-state index is 2.49. The number of hydrogen-bond donors (Lipinski definition) is 0. The summed E-state index contributed by atoms with van der Waals surface area (Å²) in [6.45, 7) is 12.6. The van der Waals surface area contributed by atoms with Crippen LogP contribution in [0, 0.1) is 5.92 Å². The van der Waals surface area contributed by atoms with Gasteiger partial charge >= 0.3 is 0 Å². The Balaban J connectivity index is 0.00000144. The zero-order chi connectivity index (χ0) is 11.9. The van der Waals surface area contributed by atoms with E-state index in [0.717, 1.165) is 6.54 Å². The van der Waals surface area contributed by atoms with E-state index in [1.165, 1.54) is 17.0 Å². The first-order valence-electron chi connectivity index (χ1n) is 6.15. The Morgan fingerprint density at radius 3 is 2.35 bits per heavy atom. The second kappa shape index (κ2) is 5.09. The fraction of sp³-hybridized carbons (Fsp3) is 0.533. The summed E-state index contributed by atoms with van der Waals surface area (Å²) in [6, 6.07) is 8.79. The van der Waals surface area contributed by atoms with E-state index < -0.39 is 0 Å². The molecule has 2 heteroatoms. The molecule has 0 aromatic heterocycles. The van der Waals surface area contributed by atoms with Crippen molar-refractivity contribution in [3.63, 3.8) is 0 Å². The Kier molecular flexibility index (Phi) is 4.39. The second-order valence-corrected chi connectivity index (χ2v) is 5.73. The molecule has 2 rings (SSSR count). The van der Waals surface area contributed by atoms with E-state index in [0.29, 0.717) is 5.92 Å². The molecule has 0 spiro atoms. The molecule has 94 valence electrons. The molecule has 1 aromatic carbocycles. The topological polar surface area (TPSA) is 3.01 Å². The fourth-order valence-corrected chi connectivity index (χ4v) is 2.55. The van der Waals surface area contributed by atoms with Gasteiger partial charge in [-0.1, -0.05) is 32.0 Å². The standard InChI is InChI=1S/C15H22N.HI/c1-11(2)10-16-12(3)15(4,5)13-8-6-7-9-14(13)16;/h6-9,11H,10H2,1-5H3;1H/q+1;/p-1. The molecule has 1 heterocycles. The van der Waals surface area contributed by atoms with Crippen molar-refractivity contribution in [2.75, 3.05) is 6.54 Å². The maximum atomic E-state index is 2.49. The quantitative estimate of drug-likeness (QED) is 0.551. The summed E-state index contributed by atoms with van der Waals surface area (Å²) in [6.07, 6.45) is 0. The third-order valence-corrected chi connectivity index (χ3v) is 3.73. The average molecular weight is 343 g/mol. The Hall–Kier alpha value is -0.380. The third kappa shape index (κ3) is 2.42. The summed E-state index contributed by atoms with van der Waals surface area (Å²) in [5, 5.41) is 0. The molecular weight excluding hydrogens is 321 g/mol. The van der Waals surface area contributed by atoms with Gasteiger partial charge in [0.15, 0.2) is 12.3 Å². The van der Waals surface area contributed by atoms with E-state index in [9.17, 15) is 0 Å². The highest BCUT2D eigenvalue weighted by Crippen LogP contribution is 2.39. The van der Waals surface area contributed by atoms with Crippen LogP contribution in [0.4, 0.5) is 5.69 Å². The van der Waals surface area contributed by atoms with Gasteiger partial charge in [-0.15, -0.1) is 0 Å². The average Bonchev–Trinajstić information content (AvgIpc) is 2.41. The number of hydrogen-bond acceptors (Lipinski definition) is 0. The molecule has 1 aliphatic heterocycles. The summed E-state index contributed by atoms with van der Waals surface area (Å²) in [7, 11) is 0. The van der Waals surface area contributed by atoms with Crippen molar-refractivity contribution in [2.45, 2.75) is 40.0 Å². The number of rotatable bonds is 2. The minimum absolute atomic E-state index is 0. The summed E-state index contributed by atoms with van der Waals surface area (Å²) >= 11 is 0. The minimum atomic E-state index is 0. The van der Waals surface area contributed by atoms with Crippen LogP contribution in [0.5, 0.6) is 0 Å². The van der Waals surface area contributed by atoms with Gasteiger partial charge in [-0.2, -0.15) is 4.58 Å². The smallest absolute Gasteiger partial charge is 0.209 e. The molecular formula is C15H22IN. The first kappa shape index (κ1) is 14.7. The van der Waals surface area contributed by atoms with Gasteiger partial charge in [0, 0.05) is 24.5 Å². The van der Waals surface area contributed by atoms with E-state index in [2.05, 4.69) is 63.5 Å². The van der Waals surface area contributed by atoms with Crippen LogP contribution in [0.3, 0.4) is 0 Å². The molecule has 0 unspecified atom stereocenters. The van der Waals surface area contributed by atoms with Crippen molar-refractivity contribution in [1.82, 2.24) is 0 Å². The highest BCUT2D eigenvalue weighted by molar-refractivity contribution is 5.93. The predicted octanol–water partition coefficient (Wildman–Crippen LogP) is 0.743. The molecule has 0 bridgehead atoms. The maximum Gasteiger partial charge on any atom is 0.209 e. The van der Waals surface area contributed by atoms with Gasteiger partial charge in [-0.05, 0) is 13.8 Å². The Bertz CT molecular complexity index is 444. The van der Waals surface area contributed by atoms with Crippen molar-refractivity contribution >= 4 is 11.4 Å². The van der Waals surface area contributed by atoms with E-state index in [1.54, 1.807) is 0 Å². The van der Waals surface area contributed by atoms with Crippen LogP contribution >= 0.6 is 0 Å². The van der Waals surface area contributed by atoms with Gasteiger partial charge in [0.2, 0.25) is 5.69 Å². The molecule has 1 aliphatic rings. The largest absolute Gasteiger partial charge is 1.00 e. The number of nitrogens with zero attached hydrogens (tertiary/aromatic N) is 1.